The van der Waals surface area contributed by atoms with Crippen molar-refractivity contribution >= 4 is 24.0 Å². The zero-order valence-electron chi connectivity index (χ0n) is 5.71. The van der Waals surface area contributed by atoms with E-state index in [4.69, 9.17) is 0 Å². The summed E-state index contributed by atoms with van der Waals surface area (Å²) < 4.78 is 0. The van der Waals surface area contributed by atoms with Crippen LogP contribution in [0.15, 0.2) is 0 Å². The molecule has 0 saturated heterocycles. The first-order valence-corrected chi connectivity index (χ1v) is 2.64. The number of Topliss-reactive ketones (excluding diaryl/α,β-unsaturated/α-hetero) is 1. The fourth-order valence-corrected chi connectivity index (χ4v) is 0.336. The van der Waals surface area contributed by atoms with Crippen LogP contribution in [-0.4, -0.2) is 31.1 Å². The Morgan fingerprint density at radius 1 is 1.18 bits per heavy atom. The maximum absolute atomic E-state index is 10.5. The third-order valence-corrected chi connectivity index (χ3v) is 0.830. The molecule has 6 nitrogen and oxygen atoms in total. The smallest absolute Gasteiger partial charge is 0.307 e. The molecule has 0 aliphatic carbocycles. The molecule has 0 saturated carbocycles. The van der Waals surface area contributed by atoms with Crippen molar-refractivity contribution in [1.29, 1.82) is 0 Å². The Labute approximate surface area is 61.9 Å². The minimum Gasteiger partial charge on any atom is -0.352 e. The van der Waals surface area contributed by atoms with Gasteiger partial charge in [-0.15, -0.1) is 0 Å². The molecular formula is C5H6N2O4. The summed E-state index contributed by atoms with van der Waals surface area (Å²) in [5.74, 6) is -3.58. The van der Waals surface area contributed by atoms with Crippen molar-refractivity contribution in [2.75, 3.05) is 7.05 Å². The second-order valence-corrected chi connectivity index (χ2v) is 1.50. The van der Waals surface area contributed by atoms with Gasteiger partial charge in [-0.25, -0.2) is 0 Å². The van der Waals surface area contributed by atoms with Crippen molar-refractivity contribution in [3.63, 3.8) is 0 Å². The number of rotatable bonds is 3. The molecule has 60 valence electrons. The molecule has 0 spiro atoms. The Kier molecular flexibility index (Phi) is 3.50. The highest BCUT2D eigenvalue weighted by Crippen LogP contribution is 1.71. The normalized spacial score (nSPS) is 8.09. The quantitative estimate of drug-likeness (QED) is 0.271. The molecular weight excluding hydrogens is 152 g/mol. The van der Waals surface area contributed by atoms with Crippen molar-refractivity contribution in [2.45, 2.75) is 0 Å². The SMILES string of the molecule is CNC(=O)C(=O)C(=O)NC=O. The highest BCUT2D eigenvalue weighted by atomic mass is 16.2. The lowest BCUT2D eigenvalue weighted by molar-refractivity contribution is -0.146. The predicted molar refractivity (Wildman–Crippen MR) is 33.3 cm³/mol. The molecule has 0 radical (unpaired) electrons. The number of hydrogen-bond acceptors (Lipinski definition) is 4. The van der Waals surface area contributed by atoms with Gasteiger partial charge >= 0.3 is 11.7 Å². The predicted octanol–water partition coefficient (Wildman–Crippen LogP) is -2.43. The van der Waals surface area contributed by atoms with E-state index in [1.165, 1.54) is 12.4 Å². The van der Waals surface area contributed by atoms with E-state index in [1.54, 1.807) is 0 Å². The number of imide groups is 1. The van der Waals surface area contributed by atoms with Crippen LogP contribution in [0, 0.1) is 0 Å². The van der Waals surface area contributed by atoms with E-state index in [0.717, 1.165) is 0 Å². The number of hydrogen-bond donors (Lipinski definition) is 2. The third kappa shape index (κ3) is 2.57. The van der Waals surface area contributed by atoms with Crippen LogP contribution in [0.1, 0.15) is 0 Å². The second-order valence-electron chi connectivity index (χ2n) is 1.50. The maximum Gasteiger partial charge on any atom is 0.307 e. The van der Waals surface area contributed by atoms with Crippen molar-refractivity contribution in [3.05, 3.63) is 0 Å². The number of likely N-dealkylation sites (N-methyl/N-ethyl adjacent to an activating group) is 1. The van der Waals surface area contributed by atoms with E-state index in [1.807, 2.05) is 5.32 Å². The Morgan fingerprint density at radius 3 is 2.09 bits per heavy atom. The molecule has 0 aromatic rings. The van der Waals surface area contributed by atoms with Crippen LogP contribution in [0.4, 0.5) is 0 Å². The molecule has 0 unspecified atom stereocenters. The van der Waals surface area contributed by atoms with Crippen LogP contribution in [0.3, 0.4) is 0 Å². The Morgan fingerprint density at radius 2 is 1.73 bits per heavy atom. The fourth-order valence-electron chi connectivity index (χ4n) is 0.336. The maximum atomic E-state index is 10.5. The minimum atomic E-state index is -1.29. The summed E-state index contributed by atoms with van der Waals surface area (Å²) in [7, 11) is 1.20. The minimum absolute atomic E-state index is 0.0309. The van der Waals surface area contributed by atoms with Crippen molar-refractivity contribution in [1.82, 2.24) is 10.6 Å². The van der Waals surface area contributed by atoms with Gasteiger partial charge in [0.1, 0.15) is 0 Å². The zero-order chi connectivity index (χ0) is 8.85. The van der Waals surface area contributed by atoms with Gasteiger partial charge in [-0.1, -0.05) is 0 Å². The first-order chi connectivity index (χ1) is 5.13. The first-order valence-electron chi connectivity index (χ1n) is 2.64. The Hall–Kier alpha value is -1.72. The van der Waals surface area contributed by atoms with Crippen molar-refractivity contribution in [3.8, 4) is 0 Å². The summed E-state index contributed by atoms with van der Waals surface area (Å²) in [5, 5.41) is 3.47. The topological polar surface area (TPSA) is 92.3 Å². The summed E-state index contributed by atoms with van der Waals surface area (Å²) in [4.78, 5) is 40.9. The van der Waals surface area contributed by atoms with Gasteiger partial charge in [0.2, 0.25) is 6.41 Å². The second kappa shape index (κ2) is 4.15. The molecule has 0 bridgehead atoms. The van der Waals surface area contributed by atoms with E-state index in [-0.39, 0.29) is 6.41 Å². The first kappa shape index (κ1) is 9.28. The van der Waals surface area contributed by atoms with Crippen LogP contribution in [0.25, 0.3) is 0 Å². The van der Waals surface area contributed by atoms with Crippen LogP contribution < -0.4 is 10.6 Å². The molecule has 0 aromatic heterocycles. The molecule has 2 N–H and O–H groups in total. The molecule has 0 aromatic carbocycles. The lowest BCUT2D eigenvalue weighted by Crippen LogP contribution is -2.39. The zero-order valence-corrected chi connectivity index (χ0v) is 5.71. The fraction of sp³-hybridized carbons (Fsp3) is 0.200. The average molecular weight is 158 g/mol. The van der Waals surface area contributed by atoms with Gasteiger partial charge in [0.25, 0.3) is 5.91 Å². The van der Waals surface area contributed by atoms with E-state index in [0.29, 0.717) is 0 Å². The highest BCUT2D eigenvalue weighted by Gasteiger charge is 2.20. The van der Waals surface area contributed by atoms with E-state index in [2.05, 4.69) is 0 Å². The Balaban J connectivity index is 4.13. The summed E-state index contributed by atoms with van der Waals surface area (Å²) in [6, 6.07) is 0. The molecule has 0 heterocycles. The van der Waals surface area contributed by atoms with Crippen molar-refractivity contribution in [2.24, 2.45) is 0 Å². The number of carbonyl (C=O) groups is 4. The van der Waals surface area contributed by atoms with Crippen LogP contribution in [0.2, 0.25) is 0 Å². The van der Waals surface area contributed by atoms with Gasteiger partial charge < -0.3 is 5.32 Å². The summed E-state index contributed by atoms with van der Waals surface area (Å²) in [6.45, 7) is 0. The summed E-state index contributed by atoms with van der Waals surface area (Å²) >= 11 is 0. The molecule has 0 atom stereocenters. The van der Waals surface area contributed by atoms with Gasteiger partial charge in [0.05, 0.1) is 0 Å². The standard InChI is InChI=1S/C5H6N2O4/c1-6-4(10)3(9)5(11)7-2-8/h2H,1H3,(H,6,10)(H,7,8,11). The largest absolute Gasteiger partial charge is 0.352 e. The Bertz CT molecular complexity index is 211. The molecule has 0 rings (SSSR count). The van der Waals surface area contributed by atoms with Crippen LogP contribution in [-0.2, 0) is 19.2 Å². The third-order valence-electron chi connectivity index (χ3n) is 0.830. The van der Waals surface area contributed by atoms with Crippen molar-refractivity contribution < 1.29 is 19.2 Å². The summed E-state index contributed by atoms with van der Waals surface area (Å²) in [5.41, 5.74) is 0. The molecule has 0 fully saturated rings. The summed E-state index contributed by atoms with van der Waals surface area (Å²) in [6.07, 6.45) is 0.0309. The van der Waals surface area contributed by atoms with Crippen LogP contribution in [0.5, 0.6) is 0 Å². The molecule has 0 aliphatic heterocycles. The van der Waals surface area contributed by atoms with Crippen LogP contribution >= 0.6 is 0 Å². The van der Waals surface area contributed by atoms with Gasteiger partial charge in [-0.05, 0) is 0 Å². The molecule has 0 aliphatic rings. The van der Waals surface area contributed by atoms with Gasteiger partial charge in [0.15, 0.2) is 0 Å². The lowest BCUT2D eigenvalue weighted by atomic mass is 10.3. The average Bonchev–Trinajstić information content (AvgIpc) is 2.02. The molecule has 11 heavy (non-hydrogen) atoms. The number of amides is 3. The van der Waals surface area contributed by atoms with Gasteiger partial charge in [0, 0.05) is 7.05 Å². The number of ketones is 1. The van der Waals surface area contributed by atoms with E-state index in [9.17, 15) is 19.2 Å². The number of nitrogens with one attached hydrogen (secondary N) is 2. The van der Waals surface area contributed by atoms with E-state index >= 15 is 0 Å². The molecule has 6 heteroatoms. The number of carbonyl (C=O) groups excluding carboxylic acids is 4. The molecule has 3 amide bonds. The van der Waals surface area contributed by atoms with Gasteiger partial charge in [-0.3, -0.25) is 24.5 Å². The van der Waals surface area contributed by atoms with Gasteiger partial charge in [-0.2, -0.15) is 0 Å². The monoisotopic (exact) mass is 158 g/mol. The van der Waals surface area contributed by atoms with E-state index < -0.39 is 17.6 Å². The lowest BCUT2D eigenvalue weighted by Gasteiger charge is -1.94. The highest BCUT2D eigenvalue weighted by molar-refractivity contribution is 6.63.